The Morgan fingerprint density at radius 1 is 1.22 bits per heavy atom. The van der Waals surface area contributed by atoms with E-state index < -0.39 is 5.60 Å². The van der Waals surface area contributed by atoms with E-state index in [1.165, 1.54) is 16.7 Å². The first-order valence-corrected chi connectivity index (χ1v) is 13.4. The summed E-state index contributed by atoms with van der Waals surface area (Å²) >= 11 is 2.23. The van der Waals surface area contributed by atoms with E-state index in [1.807, 2.05) is 22.3 Å². The first kappa shape index (κ1) is 23.8. The number of aliphatic hydroxyl groups is 1. The van der Waals surface area contributed by atoms with Gasteiger partial charge in [-0.2, -0.15) is 0 Å². The molecule has 0 radical (unpaired) electrons. The van der Waals surface area contributed by atoms with Crippen LogP contribution in [0.3, 0.4) is 0 Å². The quantitative estimate of drug-likeness (QED) is 0.268. The maximum absolute atomic E-state index is 11.6. The van der Waals surface area contributed by atoms with Crippen molar-refractivity contribution in [2.24, 2.45) is 23.0 Å². The number of phenols is 1. The van der Waals surface area contributed by atoms with E-state index in [-0.39, 0.29) is 11.3 Å². The molecule has 3 aliphatic rings. The molecule has 1 aromatic rings. The molecule has 0 heterocycles. The monoisotopic (exact) mass is 547 g/mol. The van der Waals surface area contributed by atoms with Gasteiger partial charge in [-0.05, 0) is 96.1 Å². The third kappa shape index (κ3) is 4.27. The van der Waals surface area contributed by atoms with Crippen LogP contribution in [-0.2, 0) is 4.79 Å². The second-order valence-corrected chi connectivity index (χ2v) is 11.1. The van der Waals surface area contributed by atoms with Gasteiger partial charge in [0.1, 0.15) is 5.75 Å². The molecule has 1 aromatic carbocycles. The Morgan fingerprint density at radius 3 is 2.75 bits per heavy atom. The van der Waals surface area contributed by atoms with Crippen molar-refractivity contribution in [1.82, 2.24) is 0 Å². The van der Waals surface area contributed by atoms with Crippen LogP contribution in [-0.4, -0.2) is 21.7 Å². The van der Waals surface area contributed by atoms with Gasteiger partial charge in [-0.15, -0.1) is 0 Å². The van der Waals surface area contributed by atoms with Crippen molar-refractivity contribution in [1.29, 1.82) is 0 Å². The van der Waals surface area contributed by atoms with Crippen molar-refractivity contribution in [3.05, 3.63) is 45.1 Å². The highest BCUT2D eigenvalue weighted by atomic mass is 125. The number of carbonyl (C=O) groups is 1. The van der Waals surface area contributed by atoms with E-state index >= 15 is 0 Å². The number of hydrogen-bond donors (Lipinski definition) is 3. The van der Waals surface area contributed by atoms with Crippen molar-refractivity contribution in [2.45, 2.75) is 82.7 Å². The van der Waals surface area contributed by atoms with E-state index in [0.717, 1.165) is 57.8 Å². The van der Waals surface area contributed by atoms with Gasteiger partial charge in [-0.25, -0.2) is 0 Å². The molecule has 1 amide bonds. The maximum Gasteiger partial charge on any atom is 0.217 e. The second-order valence-electron chi connectivity index (χ2n) is 10.4. The number of primary amides is 1. The summed E-state index contributed by atoms with van der Waals surface area (Å²) in [6.07, 6.45) is 14.0. The van der Waals surface area contributed by atoms with Crippen LogP contribution in [0, 0.1) is 17.3 Å². The third-order valence-electron chi connectivity index (χ3n) is 8.70. The molecule has 5 heteroatoms. The lowest BCUT2D eigenvalue weighted by atomic mass is 9.52. The molecular weight excluding hydrogens is 511 g/mol. The minimum absolute atomic E-state index is 0.106. The molecule has 0 spiro atoms. The summed E-state index contributed by atoms with van der Waals surface area (Å²) in [5.74, 6) is 1.49. The van der Waals surface area contributed by atoms with Gasteiger partial charge < -0.3 is 15.9 Å². The molecule has 0 bridgehead atoms. The summed E-state index contributed by atoms with van der Waals surface area (Å²) < 4.78 is 1.99. The fraction of sp³-hybridized carbons (Fsp3) is 0.593. The molecule has 0 aliphatic heterocycles. The molecule has 32 heavy (non-hydrogen) atoms. The van der Waals surface area contributed by atoms with E-state index in [1.54, 1.807) is 0 Å². The second kappa shape index (κ2) is 9.49. The van der Waals surface area contributed by atoms with Crippen molar-refractivity contribution >= 4 is 34.6 Å². The molecule has 4 N–H and O–H groups in total. The average molecular weight is 547 g/mol. The maximum atomic E-state index is 11.6. The Morgan fingerprint density at radius 2 is 2.00 bits per heavy atom. The Bertz CT molecular complexity index is 925. The van der Waals surface area contributed by atoms with E-state index in [0.29, 0.717) is 29.9 Å². The Hall–Kier alpha value is -1.34. The van der Waals surface area contributed by atoms with Gasteiger partial charge in [-0.1, -0.05) is 60.1 Å². The van der Waals surface area contributed by atoms with Crippen LogP contribution >= 0.6 is 22.6 Å². The SMILES string of the molecule is C[C@]12CC[C@@H]3c4ccc(O)cc4C=C(CCCCCCC(N)=O)[C@H]3[C@@H]1CC[C@@]2(O)/C=C/[125I]. The molecular formula is C27H36INO3. The number of carbonyl (C=O) groups excluding carboxylic acids is 1. The van der Waals surface area contributed by atoms with Crippen molar-refractivity contribution in [3.63, 3.8) is 0 Å². The predicted molar refractivity (Wildman–Crippen MR) is 137 cm³/mol. The number of benzene rings is 1. The molecule has 2 fully saturated rings. The minimum atomic E-state index is -0.723. The van der Waals surface area contributed by atoms with Crippen LogP contribution in [0.2, 0.25) is 0 Å². The zero-order valence-corrected chi connectivity index (χ0v) is 21.2. The third-order valence-corrected chi connectivity index (χ3v) is 9.06. The molecule has 0 unspecified atom stereocenters. The molecule has 4 rings (SSSR count). The number of amides is 1. The number of nitrogens with two attached hydrogens (primary N) is 1. The highest BCUT2D eigenvalue weighted by Gasteiger charge is 2.61. The van der Waals surface area contributed by atoms with Crippen LogP contribution < -0.4 is 5.73 Å². The van der Waals surface area contributed by atoms with Crippen LogP contribution in [0.5, 0.6) is 5.75 Å². The largest absolute Gasteiger partial charge is 0.508 e. The fourth-order valence-electron chi connectivity index (χ4n) is 6.98. The van der Waals surface area contributed by atoms with Gasteiger partial charge in [0.05, 0.1) is 5.60 Å². The van der Waals surface area contributed by atoms with Gasteiger partial charge >= 0.3 is 0 Å². The summed E-state index contributed by atoms with van der Waals surface area (Å²) in [7, 11) is 0. The predicted octanol–water partition coefficient (Wildman–Crippen LogP) is 6.20. The first-order valence-electron chi connectivity index (χ1n) is 12.1. The number of aromatic hydroxyl groups is 1. The lowest BCUT2D eigenvalue weighted by molar-refractivity contribution is -0.118. The average Bonchev–Trinajstić information content (AvgIpc) is 3.00. The van der Waals surface area contributed by atoms with Crippen molar-refractivity contribution < 1.29 is 15.0 Å². The number of rotatable bonds is 8. The van der Waals surface area contributed by atoms with Crippen molar-refractivity contribution in [3.8, 4) is 5.75 Å². The fourth-order valence-corrected chi connectivity index (χ4v) is 7.57. The lowest BCUT2D eigenvalue weighted by Crippen LogP contribution is -2.49. The van der Waals surface area contributed by atoms with Gasteiger partial charge in [0.2, 0.25) is 5.91 Å². The van der Waals surface area contributed by atoms with Crippen LogP contribution in [0.15, 0.2) is 33.9 Å². The molecule has 3 aliphatic carbocycles. The summed E-state index contributed by atoms with van der Waals surface area (Å²) in [6, 6.07) is 5.86. The normalized spacial score (nSPS) is 33.5. The molecule has 2 saturated carbocycles. The zero-order valence-electron chi connectivity index (χ0n) is 19.0. The first-order chi connectivity index (χ1) is 15.3. The Kier molecular flexibility index (Phi) is 7.06. The number of fused-ring (bicyclic) bond motifs is 5. The molecule has 0 aromatic heterocycles. The zero-order chi connectivity index (χ0) is 22.9. The number of hydrogen-bond acceptors (Lipinski definition) is 3. The van der Waals surface area contributed by atoms with Crippen LogP contribution in [0.25, 0.3) is 6.08 Å². The topological polar surface area (TPSA) is 83.5 Å². The highest BCUT2D eigenvalue weighted by Crippen LogP contribution is 2.65. The van der Waals surface area contributed by atoms with E-state index in [2.05, 4.69) is 41.7 Å². The number of halogens is 1. The van der Waals surface area contributed by atoms with E-state index in [4.69, 9.17) is 5.73 Å². The van der Waals surface area contributed by atoms with Gasteiger partial charge in [-0.3, -0.25) is 4.79 Å². The summed E-state index contributed by atoms with van der Waals surface area (Å²) in [5, 5.41) is 21.7. The molecule has 0 saturated heterocycles. The van der Waals surface area contributed by atoms with Crippen LogP contribution in [0.4, 0.5) is 0 Å². The molecule has 4 nitrogen and oxygen atoms in total. The van der Waals surface area contributed by atoms with Gasteiger partial charge in [0, 0.05) is 11.8 Å². The van der Waals surface area contributed by atoms with Gasteiger partial charge in [0.25, 0.3) is 0 Å². The Labute approximate surface area is 205 Å². The minimum Gasteiger partial charge on any atom is -0.508 e. The molecule has 5 atom stereocenters. The number of phenolic OH excluding ortho intramolecular Hbond substituents is 1. The standard InChI is InChI=1S/C27H36INO3/c1-26-12-10-22-21-9-8-20(30)17-19(21)16-18(6-4-2-3-5-7-24(29)31)25(22)23(26)11-13-27(26,32)14-15-28/h8-9,14-17,22-23,25,30,32H,2-7,10-13H2,1H3,(H2,29,31)/b15-14+/t22-,23+,25-,26+,27-/m1/s1/i28-2. The lowest BCUT2D eigenvalue weighted by Gasteiger charge is -2.53. The van der Waals surface area contributed by atoms with Crippen LogP contribution in [0.1, 0.15) is 88.2 Å². The Balaban J connectivity index is 1.59. The number of allylic oxidation sites excluding steroid dienone is 1. The van der Waals surface area contributed by atoms with Crippen molar-refractivity contribution in [2.75, 3.05) is 0 Å². The van der Waals surface area contributed by atoms with Gasteiger partial charge in [0.15, 0.2) is 0 Å². The smallest absolute Gasteiger partial charge is 0.217 e. The number of unbranched alkanes of at least 4 members (excludes halogenated alkanes) is 3. The van der Waals surface area contributed by atoms with E-state index in [9.17, 15) is 15.0 Å². The highest BCUT2D eigenvalue weighted by molar-refractivity contribution is 14.1. The summed E-state index contributed by atoms with van der Waals surface area (Å²) in [5.41, 5.74) is 8.45. The summed E-state index contributed by atoms with van der Waals surface area (Å²) in [4.78, 5) is 11.0. The molecule has 174 valence electrons. The summed E-state index contributed by atoms with van der Waals surface area (Å²) in [6.45, 7) is 2.31.